The molecule has 19 heavy (non-hydrogen) atoms. The summed E-state index contributed by atoms with van der Waals surface area (Å²) in [5.74, 6) is -0.940. The van der Waals surface area contributed by atoms with Gasteiger partial charge in [-0.3, -0.25) is 5.43 Å². The fraction of sp³-hybridized carbons (Fsp3) is 0.833. The maximum atomic E-state index is 11.9. The van der Waals surface area contributed by atoms with Crippen molar-refractivity contribution in [3.8, 4) is 0 Å². The molecular weight excluding hydrogens is 250 g/mol. The highest BCUT2D eigenvalue weighted by molar-refractivity contribution is 5.86. The van der Waals surface area contributed by atoms with E-state index in [0.717, 1.165) is 19.3 Å². The lowest BCUT2D eigenvalue weighted by Gasteiger charge is -2.35. The van der Waals surface area contributed by atoms with Crippen LogP contribution in [0.4, 0.5) is 4.79 Å². The first-order valence-corrected chi connectivity index (χ1v) is 6.77. The number of nitrogens with one attached hydrogen (secondary N) is 2. The largest absolute Gasteiger partial charge is 0.480 e. The van der Waals surface area contributed by atoms with Crippen LogP contribution in [0.25, 0.3) is 0 Å². The third kappa shape index (κ3) is 3.57. The molecule has 2 rings (SSSR count). The molecule has 1 aliphatic carbocycles. The Labute approximate surface area is 112 Å². The van der Waals surface area contributed by atoms with Gasteiger partial charge >= 0.3 is 12.0 Å². The molecule has 0 aromatic heterocycles. The van der Waals surface area contributed by atoms with Crippen molar-refractivity contribution in [1.82, 2.24) is 15.8 Å². The average Bonchev–Trinajstić information content (AvgIpc) is 2.40. The summed E-state index contributed by atoms with van der Waals surface area (Å²) >= 11 is 0. The number of carboxylic acids is 1. The Balaban J connectivity index is 1.89. The molecular formula is C12H21N3O4. The van der Waals surface area contributed by atoms with Crippen LogP contribution in [-0.4, -0.2) is 54.0 Å². The van der Waals surface area contributed by atoms with Crippen LogP contribution >= 0.6 is 0 Å². The number of rotatable bonds is 3. The molecule has 7 nitrogen and oxygen atoms in total. The van der Waals surface area contributed by atoms with Gasteiger partial charge in [0, 0.05) is 13.1 Å². The van der Waals surface area contributed by atoms with Gasteiger partial charge in [0.05, 0.1) is 13.2 Å². The predicted molar refractivity (Wildman–Crippen MR) is 67.5 cm³/mol. The van der Waals surface area contributed by atoms with Crippen molar-refractivity contribution in [2.24, 2.45) is 0 Å². The van der Waals surface area contributed by atoms with Crippen molar-refractivity contribution < 1.29 is 19.4 Å². The minimum Gasteiger partial charge on any atom is -0.480 e. The van der Waals surface area contributed by atoms with Crippen LogP contribution in [0.5, 0.6) is 0 Å². The molecule has 3 N–H and O–H groups in total. The zero-order valence-electron chi connectivity index (χ0n) is 11.0. The number of urea groups is 1. The number of ether oxygens (including phenoxy) is 1. The second kappa shape index (κ2) is 6.21. The number of morpholine rings is 1. The van der Waals surface area contributed by atoms with Gasteiger partial charge in [-0.05, 0) is 12.8 Å². The number of carbonyl (C=O) groups excluding carboxylic acids is 1. The van der Waals surface area contributed by atoms with Crippen molar-refractivity contribution >= 4 is 12.0 Å². The number of hydrogen-bond acceptors (Lipinski definition) is 4. The van der Waals surface area contributed by atoms with Crippen molar-refractivity contribution in [2.75, 3.05) is 26.3 Å². The van der Waals surface area contributed by atoms with Crippen molar-refractivity contribution in [3.63, 3.8) is 0 Å². The molecule has 0 bridgehead atoms. The van der Waals surface area contributed by atoms with Crippen molar-refractivity contribution in [1.29, 1.82) is 0 Å². The number of hydrazine groups is 1. The third-order valence-corrected chi connectivity index (χ3v) is 3.74. The smallest absolute Gasteiger partial charge is 0.330 e. The Hall–Kier alpha value is -1.34. The van der Waals surface area contributed by atoms with Crippen LogP contribution in [0.15, 0.2) is 0 Å². The summed E-state index contributed by atoms with van der Waals surface area (Å²) in [5.41, 5.74) is 1.58. The maximum Gasteiger partial charge on any atom is 0.330 e. The molecule has 1 saturated carbocycles. The highest BCUT2D eigenvalue weighted by Crippen LogP contribution is 2.28. The lowest BCUT2D eigenvalue weighted by atomic mass is 9.82. The predicted octanol–water partition coefficient (Wildman–Crippen LogP) is 0.320. The van der Waals surface area contributed by atoms with Gasteiger partial charge in [0.15, 0.2) is 0 Å². The number of carbonyl (C=O) groups is 2. The van der Waals surface area contributed by atoms with E-state index in [-0.39, 0.29) is 0 Å². The molecule has 1 aliphatic heterocycles. The van der Waals surface area contributed by atoms with E-state index in [9.17, 15) is 14.7 Å². The zero-order valence-corrected chi connectivity index (χ0v) is 11.0. The van der Waals surface area contributed by atoms with Crippen LogP contribution in [-0.2, 0) is 9.53 Å². The Morgan fingerprint density at radius 1 is 1.11 bits per heavy atom. The molecule has 1 heterocycles. The van der Waals surface area contributed by atoms with Crippen molar-refractivity contribution in [3.05, 3.63) is 0 Å². The van der Waals surface area contributed by atoms with Gasteiger partial charge in [-0.2, -0.15) is 0 Å². The van der Waals surface area contributed by atoms with Crippen LogP contribution in [0.3, 0.4) is 0 Å². The highest BCUT2D eigenvalue weighted by Gasteiger charge is 2.41. The van der Waals surface area contributed by atoms with E-state index in [1.54, 1.807) is 5.01 Å². The summed E-state index contributed by atoms with van der Waals surface area (Å²) in [7, 11) is 0. The monoisotopic (exact) mass is 271 g/mol. The third-order valence-electron chi connectivity index (χ3n) is 3.74. The fourth-order valence-corrected chi connectivity index (χ4v) is 2.61. The normalized spacial score (nSPS) is 23.6. The Kier molecular flexibility index (Phi) is 4.60. The van der Waals surface area contributed by atoms with E-state index >= 15 is 0 Å². The molecule has 2 fully saturated rings. The molecule has 2 amide bonds. The average molecular weight is 271 g/mol. The molecule has 2 aliphatic rings. The maximum absolute atomic E-state index is 11.9. The minimum atomic E-state index is -1.10. The molecule has 0 spiro atoms. The highest BCUT2D eigenvalue weighted by atomic mass is 16.5. The Morgan fingerprint density at radius 3 is 2.32 bits per heavy atom. The summed E-state index contributed by atoms with van der Waals surface area (Å²) in [6.45, 7) is 2.38. The topological polar surface area (TPSA) is 90.9 Å². The van der Waals surface area contributed by atoms with E-state index in [1.165, 1.54) is 0 Å². The first-order chi connectivity index (χ1) is 9.12. The van der Waals surface area contributed by atoms with Gasteiger partial charge in [-0.1, -0.05) is 19.3 Å². The summed E-state index contributed by atoms with van der Waals surface area (Å²) in [5, 5.41) is 13.8. The molecule has 1 saturated heterocycles. The Bertz CT molecular complexity index is 336. The van der Waals surface area contributed by atoms with Crippen LogP contribution < -0.4 is 10.7 Å². The van der Waals surface area contributed by atoms with Crippen LogP contribution in [0.1, 0.15) is 32.1 Å². The van der Waals surface area contributed by atoms with Crippen LogP contribution in [0, 0.1) is 0 Å². The number of carboxylic acid groups (broad SMARTS) is 1. The molecule has 0 atom stereocenters. The SMILES string of the molecule is O=C(NN1CCOCC1)NC1(C(=O)O)CCCCC1. The standard InChI is InChI=1S/C12H21N3O4/c16-10(17)12(4-2-1-3-5-12)13-11(18)14-15-6-8-19-9-7-15/h1-9H2,(H,16,17)(H2,13,14,18). The summed E-state index contributed by atoms with van der Waals surface area (Å²) in [6.07, 6.45) is 3.70. The van der Waals surface area contributed by atoms with E-state index in [0.29, 0.717) is 39.1 Å². The quantitative estimate of drug-likeness (QED) is 0.687. The summed E-state index contributed by atoms with van der Waals surface area (Å²) in [4.78, 5) is 23.3. The molecule has 0 aromatic carbocycles. The van der Waals surface area contributed by atoms with E-state index in [2.05, 4.69) is 10.7 Å². The number of hydrogen-bond donors (Lipinski definition) is 3. The van der Waals surface area contributed by atoms with Gasteiger partial charge in [-0.25, -0.2) is 14.6 Å². The van der Waals surface area contributed by atoms with Gasteiger partial charge in [0.1, 0.15) is 5.54 Å². The molecule has 7 heteroatoms. The first-order valence-electron chi connectivity index (χ1n) is 6.77. The van der Waals surface area contributed by atoms with E-state index < -0.39 is 17.5 Å². The first kappa shape index (κ1) is 14.1. The fourth-order valence-electron chi connectivity index (χ4n) is 2.61. The van der Waals surface area contributed by atoms with Gasteiger partial charge in [-0.15, -0.1) is 0 Å². The second-order valence-corrected chi connectivity index (χ2v) is 5.11. The lowest BCUT2D eigenvalue weighted by molar-refractivity contribution is -0.145. The number of aliphatic carboxylic acids is 1. The second-order valence-electron chi connectivity index (χ2n) is 5.11. The van der Waals surface area contributed by atoms with Crippen molar-refractivity contribution in [2.45, 2.75) is 37.6 Å². The van der Waals surface area contributed by atoms with Crippen LogP contribution in [0.2, 0.25) is 0 Å². The summed E-state index contributed by atoms with van der Waals surface area (Å²) in [6, 6.07) is -0.439. The zero-order chi connectivity index (χ0) is 13.7. The number of amides is 2. The van der Waals surface area contributed by atoms with E-state index in [4.69, 9.17) is 4.74 Å². The number of nitrogens with zero attached hydrogens (tertiary/aromatic N) is 1. The molecule has 108 valence electrons. The van der Waals surface area contributed by atoms with Gasteiger partial charge in [0.25, 0.3) is 0 Å². The lowest BCUT2D eigenvalue weighted by Crippen LogP contribution is -2.61. The minimum absolute atomic E-state index is 0.439. The van der Waals surface area contributed by atoms with E-state index in [1.807, 2.05) is 0 Å². The molecule has 0 radical (unpaired) electrons. The summed E-state index contributed by atoms with van der Waals surface area (Å²) < 4.78 is 5.18. The van der Waals surface area contributed by atoms with Gasteiger partial charge < -0.3 is 15.2 Å². The Morgan fingerprint density at radius 2 is 1.74 bits per heavy atom. The molecule has 0 unspecified atom stereocenters. The molecule has 0 aromatic rings. The van der Waals surface area contributed by atoms with Gasteiger partial charge in [0.2, 0.25) is 0 Å².